The van der Waals surface area contributed by atoms with E-state index in [1.54, 1.807) is 6.07 Å². The van der Waals surface area contributed by atoms with Gasteiger partial charge in [0.1, 0.15) is 5.15 Å². The van der Waals surface area contributed by atoms with Gasteiger partial charge in [0.15, 0.2) is 5.52 Å². The summed E-state index contributed by atoms with van der Waals surface area (Å²) in [6.45, 7) is 1.92. The second-order valence-electron chi connectivity index (χ2n) is 3.29. The van der Waals surface area contributed by atoms with Crippen molar-refractivity contribution in [3.8, 4) is 0 Å². The number of fused-ring (bicyclic) bond motifs is 1. The lowest BCUT2D eigenvalue weighted by atomic mass is 10.1. The van der Waals surface area contributed by atoms with E-state index in [2.05, 4.69) is 9.97 Å². The minimum atomic E-state index is -0.454. The number of nitrogens with zero attached hydrogens (tertiary/aromatic N) is 3. The maximum absolute atomic E-state index is 10.9. The molecule has 0 N–H and O–H groups in total. The average Bonchev–Trinajstić information content (AvgIpc) is 2.26. The molecule has 0 atom stereocenters. The first-order valence-corrected chi connectivity index (χ1v) is 5.09. The summed E-state index contributed by atoms with van der Waals surface area (Å²) in [5, 5.41) is 11.1. The summed E-state index contributed by atoms with van der Waals surface area (Å²) in [5.41, 5.74) is 1.54. The summed E-state index contributed by atoms with van der Waals surface area (Å²) in [6.07, 6.45) is 2.01. The normalized spacial score (nSPS) is 10.6. The highest BCUT2D eigenvalue weighted by molar-refractivity contribution is 6.29. The Morgan fingerprint density at radius 3 is 2.88 bits per heavy atom. The fourth-order valence-corrected chi connectivity index (χ4v) is 1.62. The highest BCUT2D eigenvalue weighted by Gasteiger charge is 2.15. The van der Waals surface area contributed by atoms with Crippen LogP contribution in [-0.4, -0.2) is 14.9 Å². The summed E-state index contributed by atoms with van der Waals surface area (Å²) in [4.78, 5) is 18.4. The predicted molar refractivity (Wildman–Crippen MR) is 60.6 cm³/mol. The third kappa shape index (κ3) is 1.81. The molecule has 0 saturated heterocycles. The van der Waals surface area contributed by atoms with Gasteiger partial charge in [0, 0.05) is 6.07 Å². The van der Waals surface area contributed by atoms with Crippen LogP contribution in [0.2, 0.25) is 5.15 Å². The van der Waals surface area contributed by atoms with Gasteiger partial charge in [-0.2, -0.15) is 0 Å². The number of halogens is 1. The molecule has 0 radical (unpaired) electrons. The average molecular weight is 238 g/mol. The van der Waals surface area contributed by atoms with Gasteiger partial charge in [-0.3, -0.25) is 10.1 Å². The number of hydrogen-bond donors (Lipinski definition) is 0. The molecule has 2 rings (SSSR count). The molecule has 0 aliphatic rings. The number of nitro groups is 1. The van der Waals surface area contributed by atoms with Gasteiger partial charge in [0.25, 0.3) is 5.69 Å². The number of aryl methyl sites for hydroxylation is 1. The lowest BCUT2D eigenvalue weighted by Crippen LogP contribution is -1.95. The Bertz CT molecular complexity index is 571. The molecule has 0 saturated carbocycles. The molecule has 0 bridgehead atoms. The van der Waals surface area contributed by atoms with Gasteiger partial charge in [0.05, 0.1) is 16.6 Å². The van der Waals surface area contributed by atoms with Crippen molar-refractivity contribution in [2.45, 2.75) is 13.3 Å². The summed E-state index contributed by atoms with van der Waals surface area (Å²) >= 11 is 5.70. The fraction of sp³-hybridized carbons (Fsp3) is 0.200. The van der Waals surface area contributed by atoms with Gasteiger partial charge < -0.3 is 0 Å². The van der Waals surface area contributed by atoms with Gasteiger partial charge in [-0.1, -0.05) is 18.5 Å². The van der Waals surface area contributed by atoms with Crippen LogP contribution in [0.3, 0.4) is 0 Å². The van der Waals surface area contributed by atoms with Crippen LogP contribution < -0.4 is 0 Å². The van der Waals surface area contributed by atoms with E-state index in [9.17, 15) is 10.1 Å². The minimum absolute atomic E-state index is 0.0292. The summed E-state index contributed by atoms with van der Waals surface area (Å²) < 4.78 is 0. The van der Waals surface area contributed by atoms with E-state index in [0.717, 1.165) is 5.56 Å². The minimum Gasteiger partial charge on any atom is -0.258 e. The van der Waals surface area contributed by atoms with Crippen LogP contribution in [0.5, 0.6) is 0 Å². The topological polar surface area (TPSA) is 68.9 Å². The molecule has 6 heteroatoms. The summed E-state index contributed by atoms with van der Waals surface area (Å²) in [6, 6.07) is 3.28. The molecule has 1 aromatic heterocycles. The van der Waals surface area contributed by atoms with Crippen LogP contribution in [0.15, 0.2) is 18.3 Å². The molecule has 0 spiro atoms. The van der Waals surface area contributed by atoms with E-state index in [1.165, 1.54) is 12.3 Å². The maximum Gasteiger partial charge on any atom is 0.297 e. The van der Waals surface area contributed by atoms with E-state index in [0.29, 0.717) is 11.9 Å². The highest BCUT2D eigenvalue weighted by Crippen LogP contribution is 2.25. The second-order valence-corrected chi connectivity index (χ2v) is 3.67. The van der Waals surface area contributed by atoms with Gasteiger partial charge >= 0.3 is 0 Å². The van der Waals surface area contributed by atoms with E-state index in [4.69, 9.17) is 11.6 Å². The summed E-state index contributed by atoms with van der Waals surface area (Å²) in [7, 11) is 0. The molecular formula is C10H8ClN3O2. The summed E-state index contributed by atoms with van der Waals surface area (Å²) in [5.74, 6) is 0. The van der Waals surface area contributed by atoms with Crippen molar-refractivity contribution in [1.29, 1.82) is 0 Å². The van der Waals surface area contributed by atoms with Crippen molar-refractivity contribution in [1.82, 2.24) is 9.97 Å². The van der Waals surface area contributed by atoms with Gasteiger partial charge in [0.2, 0.25) is 0 Å². The Morgan fingerprint density at radius 1 is 1.50 bits per heavy atom. The number of rotatable bonds is 2. The maximum atomic E-state index is 10.9. The third-order valence-electron chi connectivity index (χ3n) is 2.26. The molecule has 1 aromatic carbocycles. The van der Waals surface area contributed by atoms with Crippen LogP contribution in [0, 0.1) is 10.1 Å². The quantitative estimate of drug-likeness (QED) is 0.595. The zero-order valence-corrected chi connectivity index (χ0v) is 9.23. The molecule has 2 aromatic rings. The van der Waals surface area contributed by atoms with E-state index in [1.807, 2.05) is 6.92 Å². The van der Waals surface area contributed by atoms with Crippen molar-refractivity contribution in [3.63, 3.8) is 0 Å². The molecule has 0 unspecified atom stereocenters. The predicted octanol–water partition coefficient (Wildman–Crippen LogP) is 2.75. The van der Waals surface area contributed by atoms with Crippen molar-refractivity contribution >= 4 is 28.3 Å². The molecule has 5 nitrogen and oxygen atoms in total. The van der Waals surface area contributed by atoms with Crippen molar-refractivity contribution < 1.29 is 4.92 Å². The Hall–Kier alpha value is -1.75. The van der Waals surface area contributed by atoms with Gasteiger partial charge in [-0.05, 0) is 18.1 Å². The monoisotopic (exact) mass is 237 g/mol. The van der Waals surface area contributed by atoms with E-state index in [-0.39, 0.29) is 16.4 Å². The first kappa shape index (κ1) is 10.8. The zero-order chi connectivity index (χ0) is 11.7. The van der Waals surface area contributed by atoms with Crippen LogP contribution in [0.25, 0.3) is 11.0 Å². The van der Waals surface area contributed by atoms with E-state index >= 15 is 0 Å². The molecule has 16 heavy (non-hydrogen) atoms. The molecule has 0 aliphatic heterocycles. The fourth-order valence-electron chi connectivity index (χ4n) is 1.48. The molecule has 0 aliphatic carbocycles. The molecule has 1 heterocycles. The number of aromatic nitrogens is 2. The lowest BCUT2D eigenvalue weighted by Gasteiger charge is -2.02. The highest BCUT2D eigenvalue weighted by atomic mass is 35.5. The molecule has 0 amide bonds. The van der Waals surface area contributed by atoms with Crippen LogP contribution >= 0.6 is 11.6 Å². The van der Waals surface area contributed by atoms with Crippen molar-refractivity contribution in [2.75, 3.05) is 0 Å². The standard InChI is InChI=1S/C10H8ClN3O2/c1-2-6-3-7-10(8(4-6)14(15)16)12-5-9(11)13-7/h3-5H,2H2,1H3. The Morgan fingerprint density at radius 2 is 2.25 bits per heavy atom. The van der Waals surface area contributed by atoms with Crippen LogP contribution in [0.1, 0.15) is 12.5 Å². The van der Waals surface area contributed by atoms with Gasteiger partial charge in [-0.15, -0.1) is 0 Å². The molecular weight excluding hydrogens is 230 g/mol. The van der Waals surface area contributed by atoms with E-state index < -0.39 is 4.92 Å². The number of benzene rings is 1. The van der Waals surface area contributed by atoms with Crippen molar-refractivity contribution in [3.05, 3.63) is 39.2 Å². The SMILES string of the molecule is CCc1cc([N+](=O)[O-])c2ncc(Cl)nc2c1. The largest absolute Gasteiger partial charge is 0.297 e. The van der Waals surface area contributed by atoms with Crippen LogP contribution in [-0.2, 0) is 6.42 Å². The van der Waals surface area contributed by atoms with Crippen molar-refractivity contribution in [2.24, 2.45) is 0 Å². The number of non-ortho nitro benzene ring substituents is 1. The molecule has 82 valence electrons. The first-order valence-electron chi connectivity index (χ1n) is 4.71. The Balaban J connectivity index is 2.81. The lowest BCUT2D eigenvalue weighted by molar-refractivity contribution is -0.383. The Labute approximate surface area is 96.2 Å². The number of hydrogen-bond acceptors (Lipinski definition) is 4. The smallest absolute Gasteiger partial charge is 0.258 e. The third-order valence-corrected chi connectivity index (χ3v) is 2.44. The second kappa shape index (κ2) is 4.02. The zero-order valence-electron chi connectivity index (χ0n) is 8.48. The van der Waals surface area contributed by atoms with Crippen LogP contribution in [0.4, 0.5) is 5.69 Å². The molecule has 0 fully saturated rings. The Kier molecular flexibility index (Phi) is 2.70. The number of nitro benzene ring substituents is 1. The van der Waals surface area contributed by atoms with Gasteiger partial charge in [-0.25, -0.2) is 9.97 Å². The first-order chi connectivity index (χ1) is 7.61.